The number of pyridine rings is 1. The van der Waals surface area contributed by atoms with Crippen molar-refractivity contribution in [2.45, 2.75) is 32.4 Å². The minimum Gasteiger partial charge on any atom is -0.390 e. The van der Waals surface area contributed by atoms with Crippen LogP contribution in [0.5, 0.6) is 0 Å². The third kappa shape index (κ3) is 4.45. The number of rotatable bonds is 6. The van der Waals surface area contributed by atoms with Crippen LogP contribution in [0.1, 0.15) is 29.9 Å². The lowest BCUT2D eigenvalue weighted by Gasteiger charge is -2.18. The number of imidazole rings is 1. The van der Waals surface area contributed by atoms with Gasteiger partial charge in [-0.2, -0.15) is 0 Å². The van der Waals surface area contributed by atoms with Gasteiger partial charge in [0.1, 0.15) is 0 Å². The van der Waals surface area contributed by atoms with E-state index >= 15 is 0 Å². The number of anilines is 1. The molecular formula is C25H24N6O4S. The van der Waals surface area contributed by atoms with Gasteiger partial charge < -0.3 is 19.2 Å². The van der Waals surface area contributed by atoms with Crippen molar-refractivity contribution >= 4 is 45.3 Å². The van der Waals surface area contributed by atoms with Crippen LogP contribution < -0.4 is 16.4 Å². The Kier molecular flexibility index (Phi) is 5.81. The van der Waals surface area contributed by atoms with Crippen molar-refractivity contribution in [3.63, 3.8) is 0 Å². The van der Waals surface area contributed by atoms with E-state index in [-0.39, 0.29) is 5.91 Å². The van der Waals surface area contributed by atoms with E-state index in [0.717, 1.165) is 10.4 Å². The SMILES string of the molecule is Cn1c(=O)c(=O)[nH]c2cc3nc(NC(=O)c4ccc(-c5ccncc5)s4)n(CCC(C)(C)O)c3cc21. The number of H-pyrrole nitrogens is 1. The number of fused-ring (bicyclic) bond motifs is 2. The molecule has 0 fully saturated rings. The number of aromatic nitrogens is 5. The summed E-state index contributed by atoms with van der Waals surface area (Å²) >= 11 is 1.36. The summed E-state index contributed by atoms with van der Waals surface area (Å²) in [6, 6.07) is 10.8. The van der Waals surface area contributed by atoms with Crippen molar-refractivity contribution in [2.75, 3.05) is 5.32 Å². The van der Waals surface area contributed by atoms with Gasteiger partial charge in [-0.05, 0) is 62.2 Å². The fraction of sp³-hybridized carbons (Fsp3) is 0.240. The Morgan fingerprint density at radius 1 is 1.14 bits per heavy atom. The summed E-state index contributed by atoms with van der Waals surface area (Å²) in [5, 5.41) is 13.2. The molecule has 4 aromatic heterocycles. The van der Waals surface area contributed by atoms with E-state index in [0.29, 0.717) is 45.9 Å². The van der Waals surface area contributed by atoms with Crippen molar-refractivity contribution in [3.8, 4) is 10.4 Å². The largest absolute Gasteiger partial charge is 0.390 e. The molecule has 1 amide bonds. The third-order valence-electron chi connectivity index (χ3n) is 5.94. The Morgan fingerprint density at radius 2 is 1.89 bits per heavy atom. The highest BCUT2D eigenvalue weighted by atomic mass is 32.1. The molecular weight excluding hydrogens is 480 g/mol. The normalized spacial score (nSPS) is 11.9. The molecule has 1 aromatic carbocycles. The fourth-order valence-corrected chi connectivity index (χ4v) is 4.88. The van der Waals surface area contributed by atoms with Crippen LogP contribution in [0.2, 0.25) is 0 Å². The van der Waals surface area contributed by atoms with E-state index in [2.05, 4.69) is 20.3 Å². The summed E-state index contributed by atoms with van der Waals surface area (Å²) in [5.41, 5.74) is 0.814. The van der Waals surface area contributed by atoms with Crippen LogP contribution in [0.15, 0.2) is 58.4 Å². The molecule has 10 nitrogen and oxygen atoms in total. The second kappa shape index (κ2) is 8.85. The Bertz CT molecular complexity index is 1720. The number of amides is 1. The van der Waals surface area contributed by atoms with Crippen LogP contribution in [-0.4, -0.2) is 40.7 Å². The Balaban J connectivity index is 1.57. The zero-order valence-corrected chi connectivity index (χ0v) is 20.7. The summed E-state index contributed by atoms with van der Waals surface area (Å²) in [5.74, 6) is -0.00810. The number of nitrogens with zero attached hydrogens (tertiary/aromatic N) is 4. The molecule has 0 aliphatic heterocycles. The lowest BCUT2D eigenvalue weighted by atomic mass is 10.1. The number of hydrogen-bond acceptors (Lipinski definition) is 7. The zero-order valence-electron chi connectivity index (χ0n) is 19.9. The van der Waals surface area contributed by atoms with Crippen molar-refractivity contribution < 1.29 is 9.90 Å². The van der Waals surface area contributed by atoms with Gasteiger partial charge in [-0.3, -0.25) is 24.7 Å². The molecule has 0 unspecified atom stereocenters. The van der Waals surface area contributed by atoms with Crippen LogP contribution in [0.4, 0.5) is 5.95 Å². The maximum absolute atomic E-state index is 13.2. The summed E-state index contributed by atoms with van der Waals surface area (Å²) in [6.45, 7) is 3.78. The lowest BCUT2D eigenvalue weighted by molar-refractivity contribution is 0.0667. The van der Waals surface area contributed by atoms with Crippen molar-refractivity contribution in [2.24, 2.45) is 7.05 Å². The van der Waals surface area contributed by atoms with Crippen LogP contribution in [-0.2, 0) is 13.6 Å². The minimum atomic E-state index is -0.944. The summed E-state index contributed by atoms with van der Waals surface area (Å²) in [6.07, 6.45) is 3.80. The molecule has 0 saturated heterocycles. The van der Waals surface area contributed by atoms with E-state index in [1.807, 2.05) is 18.2 Å². The quantitative estimate of drug-likeness (QED) is 0.304. The fourth-order valence-electron chi connectivity index (χ4n) is 3.98. The minimum absolute atomic E-state index is 0.306. The first-order chi connectivity index (χ1) is 17.1. The molecule has 0 aliphatic rings. The average Bonchev–Trinajstić information content (AvgIpc) is 3.45. The van der Waals surface area contributed by atoms with Crippen LogP contribution in [0, 0.1) is 0 Å². The van der Waals surface area contributed by atoms with Gasteiger partial charge in [0.25, 0.3) is 5.91 Å². The van der Waals surface area contributed by atoms with Crippen molar-refractivity contribution in [1.82, 2.24) is 24.1 Å². The van der Waals surface area contributed by atoms with Gasteiger partial charge in [-0.15, -0.1) is 11.3 Å². The van der Waals surface area contributed by atoms with Gasteiger partial charge >= 0.3 is 11.1 Å². The van der Waals surface area contributed by atoms with E-state index in [1.54, 1.807) is 49.0 Å². The first-order valence-corrected chi connectivity index (χ1v) is 12.1. The summed E-state index contributed by atoms with van der Waals surface area (Å²) < 4.78 is 3.09. The molecule has 3 N–H and O–H groups in total. The van der Waals surface area contributed by atoms with E-state index in [9.17, 15) is 19.5 Å². The highest BCUT2D eigenvalue weighted by Crippen LogP contribution is 2.29. The average molecular weight is 505 g/mol. The first kappa shape index (κ1) is 23.6. The van der Waals surface area contributed by atoms with Gasteiger partial charge in [0.15, 0.2) is 0 Å². The number of aromatic amines is 1. The van der Waals surface area contributed by atoms with Gasteiger partial charge in [-0.1, -0.05) is 0 Å². The predicted octanol–water partition coefficient (Wildman–Crippen LogP) is 3.11. The molecule has 0 aliphatic carbocycles. The van der Waals surface area contributed by atoms with E-state index in [1.165, 1.54) is 23.0 Å². The standard InChI is InChI=1S/C25H24N6O4S/c1-25(2,35)8-11-31-18-13-17-15(27-22(33)23(34)30(17)3)12-16(18)28-24(31)29-21(32)20-5-4-19(36-20)14-6-9-26-10-7-14/h4-7,9-10,12-13,35H,8,11H2,1-3H3,(H,27,33)(H,28,29,32). The van der Waals surface area contributed by atoms with Crippen molar-refractivity contribution in [1.29, 1.82) is 0 Å². The highest BCUT2D eigenvalue weighted by molar-refractivity contribution is 7.17. The topological polar surface area (TPSA) is 135 Å². The molecule has 5 rings (SSSR count). The van der Waals surface area contributed by atoms with E-state index < -0.39 is 16.7 Å². The number of carbonyl (C=O) groups excluding carboxylic acids is 1. The van der Waals surface area contributed by atoms with Crippen LogP contribution in [0.3, 0.4) is 0 Å². The monoisotopic (exact) mass is 504 g/mol. The third-order valence-corrected chi connectivity index (χ3v) is 7.07. The molecule has 36 heavy (non-hydrogen) atoms. The zero-order chi connectivity index (χ0) is 25.6. The van der Waals surface area contributed by atoms with Crippen LogP contribution >= 0.6 is 11.3 Å². The summed E-state index contributed by atoms with van der Waals surface area (Å²) in [4.78, 5) is 50.0. The lowest BCUT2D eigenvalue weighted by Crippen LogP contribution is -2.34. The molecule has 0 atom stereocenters. The number of aryl methyl sites for hydroxylation is 2. The molecule has 5 aromatic rings. The number of thiophene rings is 1. The van der Waals surface area contributed by atoms with Gasteiger partial charge in [0.2, 0.25) is 5.95 Å². The summed E-state index contributed by atoms with van der Waals surface area (Å²) in [7, 11) is 1.53. The predicted molar refractivity (Wildman–Crippen MR) is 140 cm³/mol. The first-order valence-electron chi connectivity index (χ1n) is 11.3. The Morgan fingerprint density at radius 3 is 2.61 bits per heavy atom. The van der Waals surface area contributed by atoms with Gasteiger partial charge in [0.05, 0.1) is 32.5 Å². The van der Waals surface area contributed by atoms with E-state index in [4.69, 9.17) is 0 Å². The smallest absolute Gasteiger partial charge is 0.316 e. The van der Waals surface area contributed by atoms with Crippen molar-refractivity contribution in [3.05, 3.63) is 74.4 Å². The van der Waals surface area contributed by atoms with Gasteiger partial charge in [0, 0.05) is 30.9 Å². The molecule has 11 heteroatoms. The Labute approximate surface area is 208 Å². The molecule has 0 spiro atoms. The molecule has 184 valence electrons. The maximum atomic E-state index is 13.2. The highest BCUT2D eigenvalue weighted by Gasteiger charge is 2.20. The molecule has 4 heterocycles. The van der Waals surface area contributed by atoms with Gasteiger partial charge in [-0.25, -0.2) is 4.98 Å². The Hall–Kier alpha value is -4.09. The molecule has 0 saturated carbocycles. The second-order valence-corrected chi connectivity index (χ2v) is 10.3. The number of hydrogen-bond donors (Lipinski definition) is 3. The number of benzene rings is 1. The maximum Gasteiger partial charge on any atom is 0.316 e. The van der Waals surface area contributed by atoms with Crippen LogP contribution in [0.25, 0.3) is 32.5 Å². The number of carbonyl (C=O) groups is 1. The second-order valence-electron chi connectivity index (χ2n) is 9.18. The molecule has 0 bridgehead atoms. The molecule has 0 radical (unpaired) electrons. The number of aliphatic hydroxyl groups is 1. The number of nitrogens with one attached hydrogen (secondary N) is 2.